The SMILES string of the molecule is Cc1cc(Nc2nccn3c(-c4ccc(OCC#N)c(F)c4Cl)cnc23)ccc1C(=O)N1CCN(C(=O)C2CCNC2)CC1. The molecule has 6 rings (SSSR count). The lowest BCUT2D eigenvalue weighted by molar-refractivity contribution is -0.136. The lowest BCUT2D eigenvalue weighted by Crippen LogP contribution is -2.52. The molecule has 2 N–H and O–H groups in total. The molecule has 4 heterocycles. The smallest absolute Gasteiger partial charge is 0.254 e. The summed E-state index contributed by atoms with van der Waals surface area (Å²) in [4.78, 5) is 38.7. The lowest BCUT2D eigenvalue weighted by Gasteiger charge is -2.36. The van der Waals surface area contributed by atoms with Crippen LogP contribution in [0.25, 0.3) is 16.9 Å². The molecule has 0 bridgehead atoms. The number of ether oxygens (including phenoxy) is 1. The van der Waals surface area contributed by atoms with E-state index in [4.69, 9.17) is 21.6 Å². The molecule has 2 aromatic carbocycles. The molecule has 2 aromatic heterocycles. The molecule has 1 atom stereocenters. The number of amides is 2. The van der Waals surface area contributed by atoms with Crippen LogP contribution < -0.4 is 15.4 Å². The van der Waals surface area contributed by atoms with Crippen LogP contribution in [0.3, 0.4) is 0 Å². The van der Waals surface area contributed by atoms with Crippen molar-refractivity contribution in [2.45, 2.75) is 13.3 Å². The number of nitrogens with zero attached hydrogens (tertiary/aromatic N) is 6. The van der Waals surface area contributed by atoms with Crippen LogP contribution in [0, 0.1) is 30.0 Å². The Hall–Kier alpha value is -4.73. The highest BCUT2D eigenvalue weighted by Gasteiger charge is 2.31. The van der Waals surface area contributed by atoms with E-state index in [2.05, 4.69) is 20.6 Å². The number of anilines is 2. The zero-order chi connectivity index (χ0) is 30.8. The van der Waals surface area contributed by atoms with Crippen molar-refractivity contribution >= 4 is 40.6 Å². The van der Waals surface area contributed by atoms with Gasteiger partial charge in [-0.1, -0.05) is 11.6 Å². The number of nitriles is 1. The molecule has 0 radical (unpaired) electrons. The van der Waals surface area contributed by atoms with E-state index in [-0.39, 0.29) is 35.1 Å². The van der Waals surface area contributed by atoms with Gasteiger partial charge < -0.3 is 25.2 Å². The second-order valence-corrected chi connectivity index (χ2v) is 11.1. The van der Waals surface area contributed by atoms with Gasteiger partial charge in [0.15, 0.2) is 29.6 Å². The quantitative estimate of drug-likeness (QED) is 0.319. The second kappa shape index (κ2) is 12.5. The number of hydrogen-bond donors (Lipinski definition) is 2. The van der Waals surface area contributed by atoms with Gasteiger partial charge in [-0.2, -0.15) is 5.26 Å². The van der Waals surface area contributed by atoms with Gasteiger partial charge in [0.1, 0.15) is 6.07 Å². The Labute approximate surface area is 258 Å². The molecule has 0 aliphatic carbocycles. The highest BCUT2D eigenvalue weighted by atomic mass is 35.5. The molecule has 13 heteroatoms. The third-order valence-electron chi connectivity index (χ3n) is 8.05. The number of benzene rings is 2. The molecule has 0 saturated carbocycles. The number of piperazine rings is 1. The molecule has 0 spiro atoms. The molecule has 4 aromatic rings. The molecule has 44 heavy (non-hydrogen) atoms. The maximum absolute atomic E-state index is 14.8. The lowest BCUT2D eigenvalue weighted by atomic mass is 10.0. The molecule has 2 amide bonds. The van der Waals surface area contributed by atoms with Gasteiger partial charge in [0, 0.05) is 61.9 Å². The van der Waals surface area contributed by atoms with Gasteiger partial charge in [0.25, 0.3) is 5.91 Å². The highest BCUT2D eigenvalue weighted by Crippen LogP contribution is 2.36. The molecule has 2 saturated heterocycles. The average Bonchev–Trinajstić information content (AvgIpc) is 3.73. The molecule has 2 fully saturated rings. The summed E-state index contributed by atoms with van der Waals surface area (Å²) in [5.41, 5.74) is 3.55. The summed E-state index contributed by atoms with van der Waals surface area (Å²) in [6.45, 7) is 5.27. The summed E-state index contributed by atoms with van der Waals surface area (Å²) in [7, 11) is 0. The van der Waals surface area contributed by atoms with E-state index >= 15 is 0 Å². The van der Waals surface area contributed by atoms with Gasteiger partial charge >= 0.3 is 0 Å². The van der Waals surface area contributed by atoms with E-state index in [1.54, 1.807) is 46.1 Å². The zero-order valence-electron chi connectivity index (χ0n) is 24.0. The van der Waals surface area contributed by atoms with Crippen molar-refractivity contribution in [1.29, 1.82) is 5.26 Å². The van der Waals surface area contributed by atoms with Crippen LogP contribution in [0.1, 0.15) is 22.3 Å². The van der Waals surface area contributed by atoms with Crippen molar-refractivity contribution in [3.05, 3.63) is 70.9 Å². The first-order valence-electron chi connectivity index (χ1n) is 14.3. The number of aromatic nitrogens is 3. The largest absolute Gasteiger partial charge is 0.476 e. The van der Waals surface area contributed by atoms with Crippen LogP contribution in [0.5, 0.6) is 5.75 Å². The molecular weight excluding hydrogens is 587 g/mol. The Bertz CT molecular complexity index is 1770. The fourth-order valence-corrected chi connectivity index (χ4v) is 5.95. The average molecular weight is 617 g/mol. The van der Waals surface area contributed by atoms with Gasteiger partial charge in [0.2, 0.25) is 5.91 Å². The molecule has 1 unspecified atom stereocenters. The zero-order valence-corrected chi connectivity index (χ0v) is 24.8. The van der Waals surface area contributed by atoms with E-state index in [1.165, 1.54) is 6.07 Å². The maximum Gasteiger partial charge on any atom is 0.254 e. The van der Waals surface area contributed by atoms with E-state index in [1.807, 2.05) is 24.0 Å². The maximum atomic E-state index is 14.8. The number of hydrogen-bond acceptors (Lipinski definition) is 8. The number of aryl methyl sites for hydroxylation is 1. The molecule has 226 valence electrons. The number of nitrogens with one attached hydrogen (secondary N) is 2. The fraction of sp³-hybridized carbons (Fsp3) is 0.323. The summed E-state index contributed by atoms with van der Waals surface area (Å²) in [6.07, 6.45) is 5.73. The van der Waals surface area contributed by atoms with Gasteiger partial charge in [-0.15, -0.1) is 0 Å². The molecular formula is C31H30ClFN8O3. The monoisotopic (exact) mass is 616 g/mol. The van der Waals surface area contributed by atoms with Crippen molar-refractivity contribution in [3.8, 4) is 23.1 Å². The van der Waals surface area contributed by atoms with E-state index in [0.29, 0.717) is 60.2 Å². The minimum atomic E-state index is -0.760. The van der Waals surface area contributed by atoms with E-state index in [9.17, 15) is 14.0 Å². The van der Waals surface area contributed by atoms with Crippen LogP contribution in [-0.2, 0) is 4.79 Å². The number of carbonyl (C=O) groups is 2. The van der Waals surface area contributed by atoms with Gasteiger partial charge in [-0.3, -0.25) is 14.0 Å². The summed E-state index contributed by atoms with van der Waals surface area (Å²) in [5, 5.41) is 15.1. The van der Waals surface area contributed by atoms with Gasteiger partial charge in [-0.05, 0) is 55.8 Å². The molecule has 2 aliphatic heterocycles. The fourth-order valence-electron chi connectivity index (χ4n) is 5.70. The summed E-state index contributed by atoms with van der Waals surface area (Å²) >= 11 is 6.34. The Morgan fingerprint density at radius 2 is 1.98 bits per heavy atom. The minimum Gasteiger partial charge on any atom is -0.476 e. The topological polar surface area (TPSA) is 128 Å². The Kier molecular flexibility index (Phi) is 8.32. The third-order valence-corrected chi connectivity index (χ3v) is 8.42. The number of rotatable bonds is 7. The second-order valence-electron chi connectivity index (χ2n) is 10.8. The van der Waals surface area contributed by atoms with Crippen LogP contribution in [0.2, 0.25) is 5.02 Å². The van der Waals surface area contributed by atoms with Crippen LogP contribution in [0.15, 0.2) is 48.9 Å². The van der Waals surface area contributed by atoms with Crippen molar-refractivity contribution in [2.75, 3.05) is 51.2 Å². The highest BCUT2D eigenvalue weighted by molar-refractivity contribution is 6.33. The number of halogens is 2. The minimum absolute atomic E-state index is 0.0386. The number of fused-ring (bicyclic) bond motifs is 1. The number of imidazole rings is 1. The van der Waals surface area contributed by atoms with Gasteiger partial charge in [0.05, 0.1) is 22.8 Å². The Morgan fingerprint density at radius 1 is 1.18 bits per heavy atom. The van der Waals surface area contributed by atoms with Crippen molar-refractivity contribution in [3.63, 3.8) is 0 Å². The first-order valence-corrected chi connectivity index (χ1v) is 14.7. The third kappa shape index (κ3) is 5.64. The van der Waals surface area contributed by atoms with Crippen molar-refractivity contribution < 1.29 is 18.7 Å². The summed E-state index contributed by atoms with van der Waals surface area (Å²) in [5.74, 6) is -0.252. The summed E-state index contributed by atoms with van der Waals surface area (Å²) < 4.78 is 21.7. The first-order chi connectivity index (χ1) is 21.4. The Balaban J connectivity index is 1.16. The van der Waals surface area contributed by atoms with Crippen LogP contribution in [-0.4, -0.2) is 81.9 Å². The van der Waals surface area contributed by atoms with Crippen molar-refractivity contribution in [2.24, 2.45) is 5.92 Å². The normalized spacial score (nSPS) is 16.6. The van der Waals surface area contributed by atoms with Crippen molar-refractivity contribution in [1.82, 2.24) is 29.5 Å². The van der Waals surface area contributed by atoms with E-state index in [0.717, 1.165) is 25.1 Å². The van der Waals surface area contributed by atoms with Crippen LogP contribution in [0.4, 0.5) is 15.9 Å². The van der Waals surface area contributed by atoms with Crippen LogP contribution >= 0.6 is 11.6 Å². The standard InChI is InChI=1S/C31H30ClFN8O3/c1-19-16-21(2-3-22(19)31(43)40-13-11-39(12-14-40)30(42)20-6-8-35-17-20)38-28-29-37-18-24(41(29)10-9-36-28)23-4-5-25(44-15-7-34)27(33)26(23)32/h2-5,9-10,16,18,20,35H,6,8,11-15,17H2,1H3,(H,36,38). The van der Waals surface area contributed by atoms with Gasteiger partial charge in [-0.25, -0.2) is 14.4 Å². The predicted molar refractivity (Wildman–Crippen MR) is 162 cm³/mol. The first kappa shape index (κ1) is 29.3. The molecule has 11 nitrogen and oxygen atoms in total. The summed E-state index contributed by atoms with van der Waals surface area (Å²) in [6, 6.07) is 10.3. The molecule has 2 aliphatic rings. The van der Waals surface area contributed by atoms with E-state index < -0.39 is 5.82 Å². The Morgan fingerprint density at radius 3 is 2.70 bits per heavy atom. The number of carbonyl (C=O) groups excluding carboxylic acids is 2. The predicted octanol–water partition coefficient (Wildman–Crippen LogP) is 4.04.